The van der Waals surface area contributed by atoms with Crippen molar-refractivity contribution in [1.82, 2.24) is 0 Å². The number of hydrogen-bond acceptors (Lipinski definition) is 2. The van der Waals surface area contributed by atoms with Gasteiger partial charge in [0.15, 0.2) is 0 Å². The van der Waals surface area contributed by atoms with E-state index >= 15 is 0 Å². The molecule has 0 aliphatic carbocycles. The molecule has 1 aliphatic heterocycles. The van der Waals surface area contributed by atoms with Gasteiger partial charge in [-0.2, -0.15) is 4.57 Å². The van der Waals surface area contributed by atoms with Gasteiger partial charge in [-0.05, 0) is 71.9 Å². The minimum absolute atomic E-state index is 0.237. The number of aromatic nitrogens is 1. The highest BCUT2D eigenvalue weighted by atomic mass is 16.5. The lowest BCUT2D eigenvalue weighted by atomic mass is 9.92. The van der Waals surface area contributed by atoms with Crippen molar-refractivity contribution in [2.24, 2.45) is 0 Å². The molecule has 0 bridgehead atoms. The Kier molecular flexibility index (Phi) is 6.89. The Bertz CT molecular complexity index is 1680. The van der Waals surface area contributed by atoms with Gasteiger partial charge in [0, 0.05) is 17.5 Å². The van der Waals surface area contributed by atoms with Crippen LogP contribution in [0.25, 0.3) is 39.4 Å². The van der Waals surface area contributed by atoms with Crippen LogP contribution < -0.4 is 9.30 Å². The zero-order chi connectivity index (χ0) is 26.8. The highest BCUT2D eigenvalue weighted by molar-refractivity contribution is 5.78. The summed E-state index contributed by atoms with van der Waals surface area (Å²) in [6, 6.07) is 34.1. The van der Waals surface area contributed by atoms with Gasteiger partial charge in [-0.25, -0.2) is 0 Å². The van der Waals surface area contributed by atoms with Crippen LogP contribution >= 0.6 is 0 Å². The van der Waals surface area contributed by atoms with Crippen LogP contribution in [0.3, 0.4) is 0 Å². The standard InChI is InChI=1S/C36H34NO2/c1-4-25(21-35-30(5-2)31-23-28(17-19-33(31)38-35)26-13-9-7-10-14-26)22-36-37(6-3)32-24-29(18-20-34(32)39-36)27-15-11-8-12-16-27/h7-24,30H,4-6H2,1-3H3/q+1/b25-22+,35-21-. The van der Waals surface area contributed by atoms with Gasteiger partial charge in [-0.15, -0.1) is 0 Å². The number of benzene rings is 4. The normalized spacial score (nSPS) is 16.0. The van der Waals surface area contributed by atoms with Crippen molar-refractivity contribution in [3.8, 4) is 28.0 Å². The van der Waals surface area contributed by atoms with Crippen molar-refractivity contribution in [2.75, 3.05) is 0 Å². The van der Waals surface area contributed by atoms with Gasteiger partial charge in [0.1, 0.15) is 18.1 Å². The number of rotatable bonds is 7. The summed E-state index contributed by atoms with van der Waals surface area (Å²) in [7, 11) is 0. The molecule has 0 amide bonds. The van der Waals surface area contributed by atoms with E-state index in [1.807, 2.05) is 6.07 Å². The van der Waals surface area contributed by atoms with E-state index in [2.05, 4.69) is 128 Å². The third kappa shape index (κ3) is 4.81. The van der Waals surface area contributed by atoms with E-state index in [4.69, 9.17) is 9.15 Å². The van der Waals surface area contributed by atoms with E-state index in [0.29, 0.717) is 0 Å². The Morgan fingerprint density at radius 3 is 2.08 bits per heavy atom. The maximum Gasteiger partial charge on any atom is 0.374 e. The second-order valence-electron chi connectivity index (χ2n) is 10.0. The largest absolute Gasteiger partial charge is 0.461 e. The molecular formula is C36H34NO2+. The van der Waals surface area contributed by atoms with Gasteiger partial charge in [0.25, 0.3) is 5.52 Å². The van der Waals surface area contributed by atoms with Crippen LogP contribution in [-0.4, -0.2) is 0 Å². The maximum atomic E-state index is 6.43. The summed E-state index contributed by atoms with van der Waals surface area (Å²) in [5.74, 6) is 3.07. The zero-order valence-electron chi connectivity index (χ0n) is 22.9. The van der Waals surface area contributed by atoms with Gasteiger partial charge in [-0.1, -0.05) is 86.6 Å². The summed E-state index contributed by atoms with van der Waals surface area (Å²) in [6.07, 6.45) is 6.26. The molecule has 0 spiro atoms. The Morgan fingerprint density at radius 2 is 1.44 bits per heavy atom. The fourth-order valence-electron chi connectivity index (χ4n) is 5.56. The molecule has 1 aliphatic rings. The molecule has 194 valence electrons. The minimum Gasteiger partial charge on any atom is -0.461 e. The highest BCUT2D eigenvalue weighted by Gasteiger charge is 2.29. The summed E-state index contributed by atoms with van der Waals surface area (Å²) in [5.41, 5.74) is 9.31. The van der Waals surface area contributed by atoms with Gasteiger partial charge in [0.05, 0.1) is 6.08 Å². The minimum atomic E-state index is 0.237. The summed E-state index contributed by atoms with van der Waals surface area (Å²) < 4.78 is 15.1. The van der Waals surface area contributed by atoms with Gasteiger partial charge in [-0.3, -0.25) is 0 Å². The van der Waals surface area contributed by atoms with Crippen molar-refractivity contribution in [3.05, 3.63) is 126 Å². The molecular weight excluding hydrogens is 478 g/mol. The van der Waals surface area contributed by atoms with Crippen LogP contribution in [0.1, 0.15) is 51.0 Å². The van der Waals surface area contributed by atoms with Crippen LogP contribution in [-0.2, 0) is 6.54 Å². The van der Waals surface area contributed by atoms with Crippen LogP contribution in [0.5, 0.6) is 5.75 Å². The van der Waals surface area contributed by atoms with E-state index < -0.39 is 0 Å². The summed E-state index contributed by atoms with van der Waals surface area (Å²) in [5, 5.41) is 0. The summed E-state index contributed by atoms with van der Waals surface area (Å²) in [4.78, 5) is 0. The number of hydrogen-bond donors (Lipinski definition) is 0. The van der Waals surface area contributed by atoms with Crippen molar-refractivity contribution >= 4 is 17.2 Å². The number of aryl methyl sites for hydroxylation is 1. The van der Waals surface area contributed by atoms with Gasteiger partial charge in [0.2, 0.25) is 5.58 Å². The van der Waals surface area contributed by atoms with E-state index in [-0.39, 0.29) is 5.92 Å². The second-order valence-corrected chi connectivity index (χ2v) is 10.0. The van der Waals surface area contributed by atoms with Crippen LogP contribution in [0.2, 0.25) is 0 Å². The Hall–Kier alpha value is -4.37. The Labute approximate surface area is 230 Å². The van der Waals surface area contributed by atoms with Crippen LogP contribution in [0.15, 0.2) is 119 Å². The van der Waals surface area contributed by atoms with E-state index in [1.54, 1.807) is 0 Å². The fraction of sp³-hybridized carbons (Fsp3) is 0.194. The third-order valence-electron chi connectivity index (χ3n) is 7.67. The first-order chi connectivity index (χ1) is 19.2. The predicted molar refractivity (Wildman–Crippen MR) is 159 cm³/mol. The molecule has 6 rings (SSSR count). The molecule has 0 N–H and O–H groups in total. The number of nitrogens with zero attached hydrogens (tertiary/aromatic N) is 1. The lowest BCUT2D eigenvalue weighted by Gasteiger charge is -2.09. The first-order valence-corrected chi connectivity index (χ1v) is 14.0. The van der Waals surface area contributed by atoms with Crippen LogP contribution in [0, 0.1) is 0 Å². The fourth-order valence-corrected chi connectivity index (χ4v) is 5.56. The molecule has 2 heterocycles. The topological polar surface area (TPSA) is 26.2 Å². The molecule has 0 fully saturated rings. The molecule has 1 aromatic heterocycles. The number of allylic oxidation sites excluding steroid dienone is 3. The molecule has 5 aromatic rings. The van der Waals surface area contributed by atoms with E-state index in [9.17, 15) is 0 Å². The molecule has 1 unspecified atom stereocenters. The monoisotopic (exact) mass is 512 g/mol. The quantitative estimate of drug-likeness (QED) is 0.203. The first-order valence-electron chi connectivity index (χ1n) is 14.0. The van der Waals surface area contributed by atoms with E-state index in [0.717, 1.165) is 47.9 Å². The predicted octanol–water partition coefficient (Wildman–Crippen LogP) is 9.34. The molecule has 1 atom stereocenters. The maximum absolute atomic E-state index is 6.43. The van der Waals surface area contributed by atoms with E-state index in [1.165, 1.54) is 33.4 Å². The van der Waals surface area contributed by atoms with Crippen molar-refractivity contribution in [1.29, 1.82) is 0 Å². The average Bonchev–Trinajstić information content (AvgIpc) is 3.53. The Balaban J connectivity index is 1.35. The molecule has 3 nitrogen and oxygen atoms in total. The van der Waals surface area contributed by atoms with Crippen molar-refractivity contribution < 1.29 is 13.7 Å². The molecule has 39 heavy (non-hydrogen) atoms. The van der Waals surface area contributed by atoms with Crippen molar-refractivity contribution in [3.63, 3.8) is 0 Å². The second kappa shape index (κ2) is 10.8. The lowest BCUT2D eigenvalue weighted by Crippen LogP contribution is -2.33. The number of oxazole rings is 1. The Morgan fingerprint density at radius 1 is 0.769 bits per heavy atom. The smallest absolute Gasteiger partial charge is 0.374 e. The lowest BCUT2D eigenvalue weighted by molar-refractivity contribution is -0.674. The highest BCUT2D eigenvalue weighted by Crippen LogP contribution is 2.44. The summed E-state index contributed by atoms with van der Waals surface area (Å²) >= 11 is 0. The molecule has 0 saturated heterocycles. The zero-order valence-corrected chi connectivity index (χ0v) is 22.9. The first kappa shape index (κ1) is 24.9. The van der Waals surface area contributed by atoms with Gasteiger partial charge >= 0.3 is 5.89 Å². The summed E-state index contributed by atoms with van der Waals surface area (Å²) in [6.45, 7) is 7.41. The SMILES string of the molecule is CCC(/C=C1\Oc2ccc(-c3ccccc3)cc2C1CC)=C\c1oc2ccc(-c3ccccc3)cc2[n+]1CC. The molecule has 4 aromatic carbocycles. The number of fused-ring (bicyclic) bond motifs is 2. The molecule has 0 saturated carbocycles. The average molecular weight is 513 g/mol. The molecule has 0 radical (unpaired) electrons. The van der Waals surface area contributed by atoms with Crippen LogP contribution in [0.4, 0.5) is 0 Å². The molecule has 3 heteroatoms. The number of ether oxygens (including phenoxy) is 1. The third-order valence-corrected chi connectivity index (χ3v) is 7.67. The van der Waals surface area contributed by atoms with Crippen molar-refractivity contribution in [2.45, 2.75) is 46.1 Å². The van der Waals surface area contributed by atoms with Gasteiger partial charge < -0.3 is 9.15 Å².